The molecular formula is C14H21FN2OS. The molecule has 19 heavy (non-hydrogen) atoms. The molecule has 0 spiro atoms. The van der Waals surface area contributed by atoms with Crippen LogP contribution >= 0.6 is 11.8 Å². The third-order valence-corrected chi connectivity index (χ3v) is 3.36. The lowest BCUT2D eigenvalue weighted by molar-refractivity contribution is 0.0804. The lowest BCUT2D eigenvalue weighted by atomic mass is 10.1. The van der Waals surface area contributed by atoms with E-state index in [0.29, 0.717) is 24.3 Å². The summed E-state index contributed by atoms with van der Waals surface area (Å²) in [4.78, 5) is 13.9. The molecule has 0 radical (unpaired) electrons. The largest absolute Gasteiger partial charge is 0.382 e. The molecule has 0 aliphatic heterocycles. The fourth-order valence-electron chi connectivity index (χ4n) is 1.67. The van der Waals surface area contributed by atoms with E-state index >= 15 is 0 Å². The molecule has 0 heterocycles. The first-order chi connectivity index (χ1) is 9.11. The highest BCUT2D eigenvalue weighted by molar-refractivity contribution is 7.98. The van der Waals surface area contributed by atoms with Crippen molar-refractivity contribution in [3.63, 3.8) is 0 Å². The number of rotatable bonds is 7. The van der Waals surface area contributed by atoms with Gasteiger partial charge in [-0.25, -0.2) is 4.39 Å². The Morgan fingerprint density at radius 1 is 1.47 bits per heavy atom. The summed E-state index contributed by atoms with van der Waals surface area (Å²) in [5, 5.41) is 3.00. The summed E-state index contributed by atoms with van der Waals surface area (Å²) in [6, 6.07) is 4.61. The quantitative estimate of drug-likeness (QED) is 0.835. The van der Waals surface area contributed by atoms with Crippen molar-refractivity contribution < 1.29 is 9.18 Å². The van der Waals surface area contributed by atoms with Gasteiger partial charge in [-0.05, 0) is 24.8 Å². The van der Waals surface area contributed by atoms with Crippen molar-refractivity contribution in [2.24, 2.45) is 0 Å². The first kappa shape index (κ1) is 15.8. The van der Waals surface area contributed by atoms with Gasteiger partial charge in [0.1, 0.15) is 5.82 Å². The Balaban J connectivity index is 2.91. The smallest absolute Gasteiger partial charge is 0.255 e. The lowest BCUT2D eigenvalue weighted by Crippen LogP contribution is -2.29. The van der Waals surface area contributed by atoms with Crippen molar-refractivity contribution in [1.29, 1.82) is 0 Å². The lowest BCUT2D eigenvalue weighted by Gasteiger charge is -2.19. The van der Waals surface area contributed by atoms with Crippen molar-refractivity contribution in [3.8, 4) is 0 Å². The maximum atomic E-state index is 13.8. The normalized spacial score (nSPS) is 10.3. The topological polar surface area (TPSA) is 32.3 Å². The van der Waals surface area contributed by atoms with E-state index in [2.05, 4.69) is 5.32 Å². The first-order valence-electron chi connectivity index (χ1n) is 6.38. The summed E-state index contributed by atoms with van der Waals surface area (Å²) in [7, 11) is 1.74. The van der Waals surface area contributed by atoms with E-state index in [-0.39, 0.29) is 11.7 Å². The third kappa shape index (κ3) is 4.42. The molecule has 1 aromatic carbocycles. The number of para-hydroxylation sites is 1. The van der Waals surface area contributed by atoms with Gasteiger partial charge in [0, 0.05) is 25.9 Å². The zero-order chi connectivity index (χ0) is 14.3. The van der Waals surface area contributed by atoms with Crippen LogP contribution in [0.15, 0.2) is 18.2 Å². The van der Waals surface area contributed by atoms with Gasteiger partial charge >= 0.3 is 0 Å². The molecule has 3 nitrogen and oxygen atoms in total. The summed E-state index contributed by atoms with van der Waals surface area (Å²) in [6.07, 6.45) is 2.87. The Hall–Kier alpha value is -1.23. The Morgan fingerprint density at radius 3 is 2.84 bits per heavy atom. The van der Waals surface area contributed by atoms with Crippen molar-refractivity contribution in [1.82, 2.24) is 4.90 Å². The molecule has 5 heteroatoms. The van der Waals surface area contributed by atoms with Gasteiger partial charge in [0.05, 0.1) is 11.3 Å². The highest BCUT2D eigenvalue weighted by Gasteiger charge is 2.17. The monoisotopic (exact) mass is 284 g/mol. The number of benzene rings is 1. The summed E-state index contributed by atoms with van der Waals surface area (Å²) in [5.74, 6) is 0.347. The van der Waals surface area contributed by atoms with Gasteiger partial charge in [-0.15, -0.1) is 0 Å². The van der Waals surface area contributed by atoms with Crippen LogP contribution in [0.4, 0.5) is 10.1 Å². The SMILES string of the molecule is CCCNc1c(F)cccc1C(=O)N(C)CCSC. The molecule has 0 fully saturated rings. The second-order valence-electron chi connectivity index (χ2n) is 4.31. The van der Waals surface area contributed by atoms with Crippen LogP contribution in [-0.2, 0) is 0 Å². The second-order valence-corrected chi connectivity index (χ2v) is 5.29. The minimum atomic E-state index is -0.377. The average molecular weight is 284 g/mol. The predicted molar refractivity (Wildman–Crippen MR) is 80.5 cm³/mol. The zero-order valence-electron chi connectivity index (χ0n) is 11.7. The number of nitrogens with zero attached hydrogens (tertiary/aromatic N) is 1. The first-order valence-corrected chi connectivity index (χ1v) is 7.78. The average Bonchev–Trinajstić information content (AvgIpc) is 2.42. The number of hydrogen-bond donors (Lipinski definition) is 1. The number of halogens is 1. The zero-order valence-corrected chi connectivity index (χ0v) is 12.5. The number of carbonyl (C=O) groups excluding carboxylic acids is 1. The molecule has 0 saturated heterocycles. The summed E-state index contributed by atoms with van der Waals surface area (Å²) >= 11 is 1.68. The molecule has 1 amide bonds. The van der Waals surface area contributed by atoms with E-state index in [9.17, 15) is 9.18 Å². The number of nitrogens with one attached hydrogen (secondary N) is 1. The van der Waals surface area contributed by atoms with E-state index in [1.807, 2.05) is 13.2 Å². The number of anilines is 1. The van der Waals surface area contributed by atoms with Crippen LogP contribution < -0.4 is 5.32 Å². The van der Waals surface area contributed by atoms with Crippen molar-refractivity contribution in [2.45, 2.75) is 13.3 Å². The molecule has 1 rings (SSSR count). The molecule has 1 N–H and O–H groups in total. The van der Waals surface area contributed by atoms with E-state index in [1.165, 1.54) is 6.07 Å². The summed E-state index contributed by atoms with van der Waals surface area (Å²) in [5.41, 5.74) is 0.711. The van der Waals surface area contributed by atoms with Crippen LogP contribution in [0.1, 0.15) is 23.7 Å². The number of amides is 1. The van der Waals surface area contributed by atoms with Gasteiger partial charge in [0.2, 0.25) is 0 Å². The van der Waals surface area contributed by atoms with Crippen molar-refractivity contribution >= 4 is 23.4 Å². The van der Waals surface area contributed by atoms with Crippen LogP contribution in [0.2, 0.25) is 0 Å². The minimum absolute atomic E-state index is 0.146. The van der Waals surface area contributed by atoms with Crippen molar-refractivity contribution in [3.05, 3.63) is 29.6 Å². The Morgan fingerprint density at radius 2 is 2.21 bits per heavy atom. The Bertz CT molecular complexity index is 426. The van der Waals surface area contributed by atoms with E-state index in [1.54, 1.807) is 35.8 Å². The van der Waals surface area contributed by atoms with Gasteiger partial charge < -0.3 is 10.2 Å². The fraction of sp³-hybridized carbons (Fsp3) is 0.500. The molecule has 0 aromatic heterocycles. The molecular weight excluding hydrogens is 263 g/mol. The van der Waals surface area contributed by atoms with Crippen LogP contribution in [0.25, 0.3) is 0 Å². The molecule has 0 aliphatic carbocycles. The third-order valence-electron chi connectivity index (χ3n) is 2.77. The molecule has 106 valence electrons. The van der Waals surface area contributed by atoms with Crippen LogP contribution in [0, 0.1) is 5.82 Å². The minimum Gasteiger partial charge on any atom is -0.382 e. The van der Waals surface area contributed by atoms with Gasteiger partial charge in [-0.1, -0.05) is 13.0 Å². The Labute approximate surface area is 118 Å². The Kier molecular flexibility index (Phi) is 6.70. The molecule has 0 bridgehead atoms. The highest BCUT2D eigenvalue weighted by atomic mass is 32.2. The maximum Gasteiger partial charge on any atom is 0.255 e. The standard InChI is InChI=1S/C14H21FN2OS/c1-4-8-16-13-11(6-5-7-12(13)15)14(18)17(2)9-10-19-3/h5-7,16H,4,8-10H2,1-3H3. The van der Waals surface area contributed by atoms with Crippen LogP contribution in [0.3, 0.4) is 0 Å². The van der Waals surface area contributed by atoms with Gasteiger partial charge in [-0.3, -0.25) is 4.79 Å². The molecule has 0 saturated carbocycles. The van der Waals surface area contributed by atoms with Gasteiger partial charge in [-0.2, -0.15) is 11.8 Å². The molecule has 0 aliphatic rings. The van der Waals surface area contributed by atoms with E-state index < -0.39 is 0 Å². The maximum absolute atomic E-state index is 13.8. The fourth-order valence-corrected chi connectivity index (χ4v) is 2.12. The van der Waals surface area contributed by atoms with Crippen LogP contribution in [-0.4, -0.2) is 43.0 Å². The highest BCUT2D eigenvalue weighted by Crippen LogP contribution is 2.21. The summed E-state index contributed by atoms with van der Waals surface area (Å²) < 4.78 is 13.8. The van der Waals surface area contributed by atoms with E-state index in [0.717, 1.165) is 12.2 Å². The molecule has 0 unspecified atom stereocenters. The number of thioether (sulfide) groups is 1. The van der Waals surface area contributed by atoms with Gasteiger partial charge in [0.25, 0.3) is 5.91 Å². The number of hydrogen-bond acceptors (Lipinski definition) is 3. The van der Waals surface area contributed by atoms with E-state index in [4.69, 9.17) is 0 Å². The molecule has 0 atom stereocenters. The predicted octanol–water partition coefficient (Wildman–Crippen LogP) is 3.08. The van der Waals surface area contributed by atoms with Gasteiger partial charge in [0.15, 0.2) is 0 Å². The second kappa shape index (κ2) is 8.04. The molecule has 1 aromatic rings. The summed E-state index contributed by atoms with van der Waals surface area (Å²) in [6.45, 7) is 3.30. The number of carbonyl (C=O) groups is 1. The van der Waals surface area contributed by atoms with Crippen LogP contribution in [0.5, 0.6) is 0 Å². The van der Waals surface area contributed by atoms with Crippen molar-refractivity contribution in [2.75, 3.05) is 37.5 Å².